The van der Waals surface area contributed by atoms with Gasteiger partial charge in [-0.15, -0.1) is 0 Å². The SMILES string of the molecule is CC(C)(C)OC(=O)N1CCOCC(N2CCCC(Nc3cc(F)cc(Cl)c3)C2=O)C1.Nc1ncnc(Cl)c1F.Nc1ncnc(N2CCOCC(N3CCCC(Nc4cc(F)cc(Cl)c4)C3=O)C2)c1F. The van der Waals surface area contributed by atoms with E-state index in [4.69, 9.17) is 60.5 Å². The molecule has 0 bridgehead atoms. The fourth-order valence-corrected chi connectivity index (χ4v) is 8.65. The van der Waals surface area contributed by atoms with E-state index in [1.807, 2.05) is 20.8 Å². The summed E-state index contributed by atoms with van der Waals surface area (Å²) in [6.07, 6.45) is 4.69. The molecule has 0 saturated carbocycles. The highest BCUT2D eigenvalue weighted by atomic mass is 35.5. The minimum Gasteiger partial charge on any atom is -0.444 e. The lowest BCUT2D eigenvalue weighted by atomic mass is 10.0. The Balaban J connectivity index is 0.000000195. The first-order chi connectivity index (χ1) is 33.3. The second-order valence-corrected chi connectivity index (χ2v) is 18.9. The fourth-order valence-electron chi connectivity index (χ4n) is 8.07. The highest BCUT2D eigenvalue weighted by Crippen LogP contribution is 2.27. The molecule has 0 radical (unpaired) electrons. The van der Waals surface area contributed by atoms with E-state index in [0.717, 1.165) is 19.2 Å². The Morgan fingerprint density at radius 3 is 1.70 bits per heavy atom. The molecule has 2 aromatic heterocycles. The third-order valence-electron chi connectivity index (χ3n) is 11.3. The molecule has 3 amide bonds. The largest absolute Gasteiger partial charge is 0.444 e. The number of halogens is 7. The van der Waals surface area contributed by atoms with Gasteiger partial charge < -0.3 is 55.9 Å². The maximum Gasteiger partial charge on any atom is 0.410 e. The van der Waals surface area contributed by atoms with Gasteiger partial charge in [-0.05, 0) is 82.9 Å². The number of likely N-dealkylation sites (tertiary alicyclic amines) is 2. The van der Waals surface area contributed by atoms with Gasteiger partial charge >= 0.3 is 6.09 Å². The van der Waals surface area contributed by atoms with Crippen LogP contribution in [0.5, 0.6) is 0 Å². The third-order valence-corrected chi connectivity index (χ3v) is 12.0. The number of nitrogens with one attached hydrogen (secondary N) is 2. The summed E-state index contributed by atoms with van der Waals surface area (Å²) in [6.45, 7) is 9.54. The second-order valence-electron chi connectivity index (χ2n) is 17.6. The van der Waals surface area contributed by atoms with Crippen molar-refractivity contribution in [2.75, 3.05) is 92.7 Å². The van der Waals surface area contributed by atoms with Crippen LogP contribution in [-0.4, -0.2) is 148 Å². The van der Waals surface area contributed by atoms with Crippen LogP contribution in [0, 0.1) is 23.3 Å². The molecule has 4 fully saturated rings. The first-order valence-corrected chi connectivity index (χ1v) is 23.5. The number of anilines is 5. The van der Waals surface area contributed by atoms with Gasteiger partial charge in [0.05, 0.1) is 38.5 Å². The van der Waals surface area contributed by atoms with Crippen LogP contribution in [-0.2, 0) is 23.8 Å². The van der Waals surface area contributed by atoms with Crippen molar-refractivity contribution in [3.8, 4) is 0 Å². The molecule has 70 heavy (non-hydrogen) atoms. The lowest BCUT2D eigenvalue weighted by Gasteiger charge is -2.39. The van der Waals surface area contributed by atoms with Gasteiger partial charge in [0.25, 0.3) is 0 Å². The Morgan fingerprint density at radius 1 is 0.700 bits per heavy atom. The van der Waals surface area contributed by atoms with E-state index in [0.29, 0.717) is 89.9 Å². The van der Waals surface area contributed by atoms with Gasteiger partial charge in [0.1, 0.15) is 42.0 Å². The van der Waals surface area contributed by atoms with E-state index in [1.54, 1.807) is 31.7 Å². The van der Waals surface area contributed by atoms with Crippen molar-refractivity contribution in [2.45, 2.75) is 76.2 Å². The standard InChI is InChI=1S/C21H29ClFN3O4.C20H23ClF2N6O2.C4H3ClFN3/c1-21(2,3)30-20(28)25-7-8-29-13-17(12-25)26-6-4-5-18(19(26)27)24-16-10-14(22)9-15(23)11-16;21-12-6-13(22)8-14(7-12)27-16-2-1-3-29(20(16)30)15-9-28(4-5-31-10-15)19-17(23)18(24)25-11-26-19;5-3-2(6)4(7)9-1-8-3/h9-11,17-18,24H,4-8,12-13H2,1-3H3;6-8,11,15-16,27H,1-5,9-10H2,(H2,24,25,26);1H,(H2,7,8,9). The van der Waals surface area contributed by atoms with Crippen molar-refractivity contribution in [1.29, 1.82) is 0 Å². The summed E-state index contributed by atoms with van der Waals surface area (Å²) >= 11 is 17.1. The minimum absolute atomic E-state index is 0.0940. The van der Waals surface area contributed by atoms with Crippen molar-refractivity contribution in [3.63, 3.8) is 0 Å². The first kappa shape index (κ1) is 53.7. The highest BCUT2D eigenvalue weighted by Gasteiger charge is 2.38. The topological polar surface area (TPSA) is 220 Å². The van der Waals surface area contributed by atoms with Crippen LogP contribution in [0.4, 0.5) is 51.2 Å². The summed E-state index contributed by atoms with van der Waals surface area (Å²) in [4.78, 5) is 60.1. The number of hydrogen-bond acceptors (Lipinski definition) is 15. The molecular formula is C45H55Cl3F4N12O6. The zero-order chi connectivity index (χ0) is 50.7. The van der Waals surface area contributed by atoms with Gasteiger partial charge in [0.2, 0.25) is 23.4 Å². The molecule has 6 N–H and O–H groups in total. The van der Waals surface area contributed by atoms with Crippen LogP contribution >= 0.6 is 34.8 Å². The quantitative estimate of drug-likeness (QED) is 0.112. The monoisotopic (exact) mass is 1040 g/mol. The molecule has 18 nitrogen and oxygen atoms in total. The number of rotatable bonds is 7. The van der Waals surface area contributed by atoms with Gasteiger partial charge in [0, 0.05) is 60.7 Å². The molecule has 4 aliphatic heterocycles. The van der Waals surface area contributed by atoms with Crippen LogP contribution in [0.1, 0.15) is 46.5 Å². The predicted molar refractivity (Wildman–Crippen MR) is 257 cm³/mol. The number of nitrogens with zero attached hydrogens (tertiary/aromatic N) is 8. The van der Waals surface area contributed by atoms with E-state index in [1.165, 1.54) is 30.6 Å². The molecule has 380 valence electrons. The first-order valence-electron chi connectivity index (χ1n) is 22.4. The Kier molecular flexibility index (Phi) is 18.7. The van der Waals surface area contributed by atoms with Crippen molar-refractivity contribution in [2.24, 2.45) is 0 Å². The lowest BCUT2D eigenvalue weighted by Crippen LogP contribution is -2.56. The van der Waals surface area contributed by atoms with E-state index in [9.17, 15) is 31.9 Å². The van der Waals surface area contributed by atoms with Crippen molar-refractivity contribution in [3.05, 3.63) is 87.5 Å². The van der Waals surface area contributed by atoms with E-state index in [-0.39, 0.29) is 56.6 Å². The van der Waals surface area contributed by atoms with Crippen molar-refractivity contribution in [1.82, 2.24) is 34.6 Å². The Labute approximate surface area is 417 Å². The minimum atomic E-state index is -0.765. The molecule has 2 aromatic carbocycles. The predicted octanol–water partition coefficient (Wildman–Crippen LogP) is 6.67. The van der Waals surface area contributed by atoms with Crippen LogP contribution in [0.2, 0.25) is 15.2 Å². The molecule has 0 spiro atoms. The van der Waals surface area contributed by atoms with Crippen LogP contribution < -0.4 is 27.0 Å². The number of benzene rings is 2. The Hall–Kier alpha value is -5.68. The number of ether oxygens (including phenoxy) is 3. The Bertz CT molecular complexity index is 2410. The number of amides is 3. The second kappa shape index (κ2) is 24.4. The van der Waals surface area contributed by atoms with Gasteiger partial charge in [-0.2, -0.15) is 8.78 Å². The molecule has 4 saturated heterocycles. The molecule has 0 aliphatic carbocycles. The number of aromatic nitrogens is 4. The molecule has 4 aliphatic rings. The number of carbonyl (C=O) groups is 3. The fraction of sp³-hybridized carbons (Fsp3) is 0.489. The number of nitrogens with two attached hydrogens (primary N) is 2. The lowest BCUT2D eigenvalue weighted by molar-refractivity contribution is -0.138. The maximum atomic E-state index is 14.5. The van der Waals surface area contributed by atoms with Crippen molar-refractivity contribution >= 4 is 81.5 Å². The van der Waals surface area contributed by atoms with Gasteiger partial charge in [-0.3, -0.25) is 9.59 Å². The number of hydrogen-bond donors (Lipinski definition) is 4. The average molecular weight is 1040 g/mol. The molecule has 25 heteroatoms. The zero-order valence-corrected chi connectivity index (χ0v) is 40.9. The molecule has 6 heterocycles. The van der Waals surface area contributed by atoms with Crippen LogP contribution in [0.25, 0.3) is 0 Å². The molecular weight excluding hydrogens is 987 g/mol. The summed E-state index contributed by atoms with van der Waals surface area (Å²) in [6, 6.07) is 6.64. The normalized spacial score (nSPS) is 21.1. The molecule has 8 rings (SSSR count). The van der Waals surface area contributed by atoms with Crippen LogP contribution in [0.15, 0.2) is 49.1 Å². The van der Waals surface area contributed by atoms with Gasteiger partial charge in [-0.1, -0.05) is 34.8 Å². The van der Waals surface area contributed by atoms with Gasteiger partial charge in [0.15, 0.2) is 22.6 Å². The summed E-state index contributed by atoms with van der Waals surface area (Å²) in [5.74, 6) is -2.96. The number of nitrogen functional groups attached to an aromatic ring is 2. The Morgan fingerprint density at radius 2 is 1.20 bits per heavy atom. The molecule has 4 unspecified atom stereocenters. The zero-order valence-electron chi connectivity index (χ0n) is 38.7. The molecule has 4 aromatic rings. The molecule has 4 atom stereocenters. The third kappa shape index (κ3) is 14.9. The average Bonchev–Trinajstić information content (AvgIpc) is 3.69. The van der Waals surface area contributed by atoms with E-state index < -0.39 is 47.0 Å². The number of piperidine rings is 2. The number of carbonyl (C=O) groups excluding carboxylic acids is 3. The summed E-state index contributed by atoms with van der Waals surface area (Å²) in [5.41, 5.74) is 10.9. The van der Waals surface area contributed by atoms with E-state index >= 15 is 0 Å². The summed E-state index contributed by atoms with van der Waals surface area (Å²) in [7, 11) is 0. The smallest absolute Gasteiger partial charge is 0.410 e. The maximum absolute atomic E-state index is 14.5. The van der Waals surface area contributed by atoms with Crippen molar-refractivity contribution < 1.29 is 46.2 Å². The summed E-state index contributed by atoms with van der Waals surface area (Å²) in [5, 5.41) is 6.46. The highest BCUT2D eigenvalue weighted by molar-refractivity contribution is 6.31. The van der Waals surface area contributed by atoms with E-state index in [2.05, 4.69) is 30.6 Å². The summed E-state index contributed by atoms with van der Waals surface area (Å²) < 4.78 is 71.0. The van der Waals surface area contributed by atoms with Crippen LogP contribution in [0.3, 0.4) is 0 Å². The van der Waals surface area contributed by atoms with Gasteiger partial charge in [-0.25, -0.2) is 33.5 Å².